The second kappa shape index (κ2) is 9.22. The van der Waals surface area contributed by atoms with Crippen LogP contribution in [-0.2, 0) is 9.59 Å². The van der Waals surface area contributed by atoms with Gasteiger partial charge in [0.15, 0.2) is 0 Å². The molecule has 2 rings (SSSR count). The zero-order chi connectivity index (χ0) is 17.4. The molecular weight excluding hydrogens is 306 g/mol. The van der Waals surface area contributed by atoms with E-state index < -0.39 is 6.04 Å². The molecule has 0 bridgehead atoms. The average molecular weight is 333 g/mol. The van der Waals surface area contributed by atoms with Crippen molar-refractivity contribution >= 4 is 17.6 Å². The highest BCUT2D eigenvalue weighted by Crippen LogP contribution is 2.12. The van der Waals surface area contributed by atoms with Crippen molar-refractivity contribution in [2.24, 2.45) is 0 Å². The highest BCUT2D eigenvalue weighted by atomic mass is 16.2. The molecule has 0 unspecified atom stereocenters. The van der Waals surface area contributed by atoms with Crippen LogP contribution < -0.4 is 15.5 Å². The van der Waals surface area contributed by atoms with E-state index in [0.717, 1.165) is 38.4 Å². The smallest absolute Gasteiger partial charge is 0.242 e. The summed E-state index contributed by atoms with van der Waals surface area (Å²) in [6.07, 6.45) is 2.67. The van der Waals surface area contributed by atoms with Gasteiger partial charge in [-0.1, -0.05) is 13.0 Å². The third-order valence-corrected chi connectivity index (χ3v) is 4.03. The van der Waals surface area contributed by atoms with Gasteiger partial charge in [-0.2, -0.15) is 0 Å². The van der Waals surface area contributed by atoms with E-state index in [9.17, 15) is 9.59 Å². The molecule has 7 heteroatoms. The molecule has 2 heterocycles. The molecule has 0 aliphatic carbocycles. The van der Waals surface area contributed by atoms with E-state index in [1.807, 2.05) is 25.1 Å². The third kappa shape index (κ3) is 5.49. The molecule has 1 saturated heterocycles. The monoisotopic (exact) mass is 333 g/mol. The van der Waals surface area contributed by atoms with Gasteiger partial charge in [0.25, 0.3) is 0 Å². The van der Waals surface area contributed by atoms with Crippen molar-refractivity contribution in [3.8, 4) is 0 Å². The molecule has 0 aromatic carbocycles. The van der Waals surface area contributed by atoms with Gasteiger partial charge in [-0.05, 0) is 25.5 Å². The summed E-state index contributed by atoms with van der Waals surface area (Å²) < 4.78 is 0. The molecule has 2 N–H and O–H groups in total. The van der Waals surface area contributed by atoms with Crippen molar-refractivity contribution in [2.75, 3.05) is 44.2 Å². The van der Waals surface area contributed by atoms with E-state index in [1.165, 1.54) is 0 Å². The molecule has 1 fully saturated rings. The van der Waals surface area contributed by atoms with Gasteiger partial charge < -0.3 is 15.5 Å². The van der Waals surface area contributed by atoms with Crippen molar-refractivity contribution in [1.82, 2.24) is 20.5 Å². The third-order valence-electron chi connectivity index (χ3n) is 4.03. The zero-order valence-corrected chi connectivity index (χ0v) is 14.5. The van der Waals surface area contributed by atoms with Crippen LogP contribution in [0.2, 0.25) is 0 Å². The minimum atomic E-state index is -0.501. The molecule has 0 radical (unpaired) electrons. The summed E-state index contributed by atoms with van der Waals surface area (Å²) in [5.41, 5.74) is 0. The van der Waals surface area contributed by atoms with Gasteiger partial charge in [0.2, 0.25) is 11.8 Å². The highest BCUT2D eigenvalue weighted by molar-refractivity contribution is 5.87. The molecule has 0 saturated carbocycles. The topological polar surface area (TPSA) is 77.6 Å². The van der Waals surface area contributed by atoms with Crippen LogP contribution in [0.1, 0.15) is 20.3 Å². The maximum absolute atomic E-state index is 12.1. The Balaban J connectivity index is 1.71. The number of hydrogen-bond donors (Lipinski definition) is 2. The Morgan fingerprint density at radius 1 is 1.25 bits per heavy atom. The number of pyridine rings is 1. The van der Waals surface area contributed by atoms with Crippen molar-refractivity contribution in [1.29, 1.82) is 0 Å². The van der Waals surface area contributed by atoms with Crippen LogP contribution in [0.15, 0.2) is 24.4 Å². The summed E-state index contributed by atoms with van der Waals surface area (Å²) in [4.78, 5) is 32.5. The van der Waals surface area contributed by atoms with Crippen molar-refractivity contribution in [2.45, 2.75) is 26.3 Å². The fraction of sp³-hybridized carbons (Fsp3) is 0.588. The molecule has 24 heavy (non-hydrogen) atoms. The summed E-state index contributed by atoms with van der Waals surface area (Å²) in [5.74, 6) is 0.730. The van der Waals surface area contributed by atoms with Gasteiger partial charge in [-0.15, -0.1) is 0 Å². The predicted molar refractivity (Wildman–Crippen MR) is 93.8 cm³/mol. The van der Waals surface area contributed by atoms with E-state index in [-0.39, 0.29) is 11.8 Å². The maximum atomic E-state index is 12.1. The standard InChI is InChI=1S/C17H27N5O2/c1-3-7-19-17(24)14(2)20-16(23)13-21-9-11-22(12-10-21)15-6-4-5-8-18-15/h4-6,8,14H,3,7,9-13H2,1-2H3,(H,19,24)(H,20,23)/t14-/m0/s1. The fourth-order valence-electron chi connectivity index (χ4n) is 2.63. The lowest BCUT2D eigenvalue weighted by molar-refractivity contribution is -0.129. The first-order chi connectivity index (χ1) is 11.6. The molecule has 0 spiro atoms. The van der Waals surface area contributed by atoms with Gasteiger partial charge in [-0.3, -0.25) is 14.5 Å². The quantitative estimate of drug-likeness (QED) is 0.747. The van der Waals surface area contributed by atoms with Gasteiger partial charge in [0.1, 0.15) is 11.9 Å². The number of nitrogens with zero attached hydrogens (tertiary/aromatic N) is 3. The minimum Gasteiger partial charge on any atom is -0.354 e. The Morgan fingerprint density at radius 2 is 2.00 bits per heavy atom. The Hall–Kier alpha value is -2.15. The first-order valence-corrected chi connectivity index (χ1v) is 8.55. The molecule has 2 amide bonds. The molecule has 1 aromatic heterocycles. The Morgan fingerprint density at radius 3 is 2.62 bits per heavy atom. The van der Waals surface area contributed by atoms with Gasteiger partial charge in [-0.25, -0.2) is 4.98 Å². The van der Waals surface area contributed by atoms with Crippen LogP contribution in [0.3, 0.4) is 0 Å². The first kappa shape index (κ1) is 18.2. The van der Waals surface area contributed by atoms with Crippen LogP contribution in [-0.4, -0.2) is 67.0 Å². The first-order valence-electron chi connectivity index (χ1n) is 8.55. The highest BCUT2D eigenvalue weighted by Gasteiger charge is 2.21. The van der Waals surface area contributed by atoms with E-state index in [2.05, 4.69) is 25.4 Å². The van der Waals surface area contributed by atoms with Gasteiger partial charge in [0.05, 0.1) is 6.54 Å². The minimum absolute atomic E-state index is 0.111. The zero-order valence-electron chi connectivity index (χ0n) is 14.5. The summed E-state index contributed by atoms with van der Waals surface area (Å²) in [5, 5.41) is 5.54. The number of piperazine rings is 1. The van der Waals surface area contributed by atoms with Crippen LogP contribution in [0, 0.1) is 0 Å². The number of nitrogens with one attached hydrogen (secondary N) is 2. The van der Waals surface area contributed by atoms with E-state index in [4.69, 9.17) is 0 Å². The molecule has 7 nitrogen and oxygen atoms in total. The average Bonchev–Trinajstić information content (AvgIpc) is 2.61. The number of carbonyl (C=O) groups excluding carboxylic acids is 2. The van der Waals surface area contributed by atoms with Crippen LogP contribution in [0.4, 0.5) is 5.82 Å². The maximum Gasteiger partial charge on any atom is 0.242 e. The molecule has 1 atom stereocenters. The Kier molecular flexibility index (Phi) is 6.99. The van der Waals surface area contributed by atoms with Crippen molar-refractivity contribution in [3.63, 3.8) is 0 Å². The SMILES string of the molecule is CCCNC(=O)[C@H](C)NC(=O)CN1CCN(c2ccccn2)CC1. The second-order valence-electron chi connectivity index (χ2n) is 6.03. The van der Waals surface area contributed by atoms with E-state index in [0.29, 0.717) is 13.1 Å². The number of anilines is 1. The lowest BCUT2D eigenvalue weighted by atomic mass is 10.2. The summed E-state index contributed by atoms with van der Waals surface area (Å²) >= 11 is 0. The molecule has 1 aromatic rings. The second-order valence-corrected chi connectivity index (χ2v) is 6.03. The number of aromatic nitrogens is 1. The fourth-order valence-corrected chi connectivity index (χ4v) is 2.63. The van der Waals surface area contributed by atoms with E-state index >= 15 is 0 Å². The molecule has 1 aliphatic rings. The summed E-state index contributed by atoms with van der Waals surface area (Å²) in [6, 6.07) is 5.38. The summed E-state index contributed by atoms with van der Waals surface area (Å²) in [6.45, 7) is 7.96. The lowest BCUT2D eigenvalue weighted by Gasteiger charge is -2.35. The number of rotatable bonds is 7. The Labute approximate surface area is 143 Å². The molecule has 132 valence electrons. The normalized spacial score (nSPS) is 16.5. The van der Waals surface area contributed by atoms with Crippen LogP contribution in [0.5, 0.6) is 0 Å². The lowest BCUT2D eigenvalue weighted by Crippen LogP contribution is -2.52. The molecular formula is C17H27N5O2. The van der Waals surface area contributed by atoms with Gasteiger partial charge >= 0.3 is 0 Å². The largest absolute Gasteiger partial charge is 0.354 e. The van der Waals surface area contributed by atoms with Crippen LogP contribution >= 0.6 is 0 Å². The number of carbonyl (C=O) groups is 2. The van der Waals surface area contributed by atoms with Gasteiger partial charge in [0, 0.05) is 38.9 Å². The summed E-state index contributed by atoms with van der Waals surface area (Å²) in [7, 11) is 0. The number of amides is 2. The molecule has 1 aliphatic heterocycles. The Bertz CT molecular complexity index is 529. The van der Waals surface area contributed by atoms with Crippen molar-refractivity contribution < 1.29 is 9.59 Å². The van der Waals surface area contributed by atoms with Crippen LogP contribution in [0.25, 0.3) is 0 Å². The number of hydrogen-bond acceptors (Lipinski definition) is 5. The van der Waals surface area contributed by atoms with E-state index in [1.54, 1.807) is 13.1 Å². The van der Waals surface area contributed by atoms with Crippen molar-refractivity contribution in [3.05, 3.63) is 24.4 Å². The predicted octanol–water partition coefficient (Wildman–Crippen LogP) is 0.235.